The maximum absolute atomic E-state index is 12.7. The van der Waals surface area contributed by atoms with Gasteiger partial charge in [-0.15, -0.1) is 0 Å². The number of halogens is 3. The number of benzene rings is 2. The lowest BCUT2D eigenvalue weighted by Gasteiger charge is -2.23. The highest BCUT2D eigenvalue weighted by molar-refractivity contribution is 5.81. The number of carbonyl (C=O) groups is 3. The molecule has 1 aliphatic carbocycles. The summed E-state index contributed by atoms with van der Waals surface area (Å²) in [6.07, 6.45) is -5.76. The molecule has 182 valence electrons. The van der Waals surface area contributed by atoms with Crippen molar-refractivity contribution in [3.63, 3.8) is 0 Å². The Morgan fingerprint density at radius 2 is 1.53 bits per heavy atom. The number of ether oxygens (including phenoxy) is 1. The van der Waals surface area contributed by atoms with Gasteiger partial charge in [-0.3, -0.25) is 9.59 Å². The molecule has 0 saturated heterocycles. The van der Waals surface area contributed by atoms with Crippen molar-refractivity contribution >= 4 is 18.0 Å². The first-order valence-electron chi connectivity index (χ1n) is 10.7. The number of carboxylic acid groups (broad SMARTS) is 1. The number of rotatable bonds is 8. The summed E-state index contributed by atoms with van der Waals surface area (Å²) in [6, 6.07) is 14.9. The van der Waals surface area contributed by atoms with Gasteiger partial charge in [0, 0.05) is 18.5 Å². The van der Waals surface area contributed by atoms with Crippen molar-refractivity contribution in [2.45, 2.75) is 32.0 Å². The van der Waals surface area contributed by atoms with E-state index in [1.807, 2.05) is 53.8 Å². The van der Waals surface area contributed by atoms with Gasteiger partial charge < -0.3 is 20.5 Å². The van der Waals surface area contributed by atoms with Crippen LogP contribution in [-0.4, -0.2) is 48.4 Å². The van der Waals surface area contributed by atoms with Crippen LogP contribution in [0.1, 0.15) is 30.9 Å². The maximum atomic E-state index is 12.7. The molecule has 2 aromatic rings. The van der Waals surface area contributed by atoms with Gasteiger partial charge in [-0.25, -0.2) is 4.79 Å². The summed E-state index contributed by atoms with van der Waals surface area (Å²) in [6.45, 7) is 1.88. The number of alkyl carbamates (subject to hydrolysis) is 1. The highest BCUT2D eigenvalue weighted by Crippen LogP contribution is 2.44. The van der Waals surface area contributed by atoms with E-state index in [-0.39, 0.29) is 12.5 Å². The third-order valence-corrected chi connectivity index (χ3v) is 6.03. The van der Waals surface area contributed by atoms with Crippen molar-refractivity contribution in [3.8, 4) is 11.1 Å². The van der Waals surface area contributed by atoms with Crippen LogP contribution in [0.5, 0.6) is 0 Å². The summed E-state index contributed by atoms with van der Waals surface area (Å²) in [7, 11) is 0. The highest BCUT2D eigenvalue weighted by Gasteiger charge is 2.45. The summed E-state index contributed by atoms with van der Waals surface area (Å²) >= 11 is 0. The molecule has 3 N–H and O–H groups in total. The lowest BCUT2D eigenvalue weighted by atomic mass is 9.98. The Hall–Kier alpha value is -3.56. The Bertz CT molecular complexity index is 1030. The number of hydrogen-bond donors (Lipinski definition) is 3. The molecule has 0 saturated carbocycles. The van der Waals surface area contributed by atoms with Crippen LogP contribution in [0.15, 0.2) is 48.5 Å². The van der Waals surface area contributed by atoms with E-state index in [1.54, 1.807) is 0 Å². The first-order chi connectivity index (χ1) is 16.0. The maximum Gasteiger partial charge on any atom is 0.407 e. The fourth-order valence-electron chi connectivity index (χ4n) is 3.88. The molecule has 0 spiro atoms. The average Bonchev–Trinajstić information content (AvgIpc) is 3.09. The van der Waals surface area contributed by atoms with Gasteiger partial charge in [0.25, 0.3) is 0 Å². The Kier molecular flexibility index (Phi) is 7.48. The molecule has 10 heteroatoms. The van der Waals surface area contributed by atoms with Gasteiger partial charge in [-0.2, -0.15) is 13.2 Å². The van der Waals surface area contributed by atoms with Crippen molar-refractivity contribution in [1.29, 1.82) is 0 Å². The largest absolute Gasteiger partial charge is 0.481 e. The summed E-state index contributed by atoms with van der Waals surface area (Å²) < 4.78 is 43.6. The number of carboxylic acids is 1. The van der Waals surface area contributed by atoms with Gasteiger partial charge in [0.2, 0.25) is 5.91 Å². The van der Waals surface area contributed by atoms with Crippen molar-refractivity contribution in [3.05, 3.63) is 59.7 Å². The summed E-state index contributed by atoms with van der Waals surface area (Å²) in [5.74, 6) is -6.69. The second-order valence-electron chi connectivity index (χ2n) is 8.22. The number of hydrogen-bond acceptors (Lipinski definition) is 4. The standard InChI is InChI=1S/C24H25F3N2O5/c1-13(21(30)28-11-20(22(31)32)24(25,26)27)14(2)29-23(33)34-12-19-17-9-5-3-7-15(17)16-8-4-6-10-18(16)19/h3-10,13-14,19-20H,11-12H2,1-2H3,(H,28,30)(H,29,33)(H,31,32). The van der Waals surface area contributed by atoms with Crippen LogP contribution < -0.4 is 10.6 Å². The predicted octanol–water partition coefficient (Wildman–Crippen LogP) is 3.93. The van der Waals surface area contributed by atoms with E-state index in [0.29, 0.717) is 0 Å². The van der Waals surface area contributed by atoms with E-state index < -0.39 is 48.6 Å². The Balaban J connectivity index is 1.54. The number of alkyl halides is 3. The topological polar surface area (TPSA) is 105 Å². The van der Waals surface area contributed by atoms with Gasteiger partial charge in [-0.1, -0.05) is 55.5 Å². The smallest absolute Gasteiger partial charge is 0.407 e. The molecule has 0 heterocycles. The Labute approximate surface area is 194 Å². The quantitative estimate of drug-likeness (QED) is 0.533. The molecule has 34 heavy (non-hydrogen) atoms. The fraction of sp³-hybridized carbons (Fsp3) is 0.375. The van der Waals surface area contributed by atoms with Gasteiger partial charge in [0.1, 0.15) is 6.61 Å². The predicted molar refractivity (Wildman–Crippen MR) is 117 cm³/mol. The van der Waals surface area contributed by atoms with E-state index in [9.17, 15) is 27.6 Å². The second-order valence-corrected chi connectivity index (χ2v) is 8.22. The number of carbonyl (C=O) groups excluding carboxylic acids is 2. The molecule has 3 rings (SSSR count). The lowest BCUT2D eigenvalue weighted by Crippen LogP contribution is -2.47. The highest BCUT2D eigenvalue weighted by atomic mass is 19.4. The summed E-state index contributed by atoms with van der Waals surface area (Å²) in [5.41, 5.74) is 4.22. The molecule has 7 nitrogen and oxygen atoms in total. The Morgan fingerprint density at radius 1 is 1.00 bits per heavy atom. The molecule has 3 unspecified atom stereocenters. The molecule has 0 fully saturated rings. The number of aliphatic carboxylic acids is 1. The number of amides is 2. The number of nitrogens with one attached hydrogen (secondary N) is 2. The molecule has 2 aromatic carbocycles. The minimum Gasteiger partial charge on any atom is -0.481 e. The van der Waals surface area contributed by atoms with Crippen molar-refractivity contribution in [1.82, 2.24) is 10.6 Å². The lowest BCUT2D eigenvalue weighted by molar-refractivity contribution is -0.192. The number of fused-ring (bicyclic) bond motifs is 3. The normalized spacial score (nSPS) is 15.4. The van der Waals surface area contributed by atoms with Gasteiger partial charge in [0.05, 0.1) is 5.92 Å². The van der Waals surface area contributed by atoms with E-state index in [4.69, 9.17) is 9.84 Å². The van der Waals surface area contributed by atoms with Gasteiger partial charge in [-0.05, 0) is 29.2 Å². The zero-order valence-electron chi connectivity index (χ0n) is 18.6. The Morgan fingerprint density at radius 3 is 2.03 bits per heavy atom. The zero-order chi connectivity index (χ0) is 25.0. The fourth-order valence-corrected chi connectivity index (χ4v) is 3.88. The van der Waals surface area contributed by atoms with Gasteiger partial charge >= 0.3 is 18.2 Å². The molecule has 0 radical (unpaired) electrons. The average molecular weight is 478 g/mol. The zero-order valence-corrected chi connectivity index (χ0v) is 18.6. The minimum atomic E-state index is -4.99. The molecule has 0 aromatic heterocycles. The van der Waals surface area contributed by atoms with Crippen LogP contribution in [0.3, 0.4) is 0 Å². The van der Waals surface area contributed by atoms with Crippen LogP contribution in [0, 0.1) is 11.8 Å². The molecule has 0 bridgehead atoms. The van der Waals surface area contributed by atoms with Crippen LogP contribution in [0.2, 0.25) is 0 Å². The summed E-state index contributed by atoms with van der Waals surface area (Å²) in [5, 5.41) is 13.2. The summed E-state index contributed by atoms with van der Waals surface area (Å²) in [4.78, 5) is 35.4. The first-order valence-corrected chi connectivity index (χ1v) is 10.7. The van der Waals surface area contributed by atoms with Crippen molar-refractivity contribution in [2.24, 2.45) is 11.8 Å². The first kappa shape index (κ1) is 25.1. The van der Waals surface area contributed by atoms with Gasteiger partial charge in [0.15, 0.2) is 5.92 Å². The monoisotopic (exact) mass is 478 g/mol. The van der Waals surface area contributed by atoms with E-state index in [0.717, 1.165) is 22.3 Å². The van der Waals surface area contributed by atoms with Crippen molar-refractivity contribution in [2.75, 3.05) is 13.2 Å². The van der Waals surface area contributed by atoms with E-state index >= 15 is 0 Å². The molecular weight excluding hydrogens is 453 g/mol. The van der Waals surface area contributed by atoms with Crippen LogP contribution in [-0.2, 0) is 14.3 Å². The minimum absolute atomic E-state index is 0.0685. The van der Waals surface area contributed by atoms with Crippen LogP contribution >= 0.6 is 0 Å². The SMILES string of the molecule is CC(NC(=O)OCC1c2ccccc2-c2ccccc21)C(C)C(=O)NCC(C(=O)O)C(F)(F)F. The van der Waals surface area contributed by atoms with Crippen LogP contribution in [0.4, 0.5) is 18.0 Å². The molecule has 3 atom stereocenters. The third kappa shape index (κ3) is 5.49. The second kappa shape index (κ2) is 10.1. The van der Waals surface area contributed by atoms with E-state index in [1.165, 1.54) is 13.8 Å². The molecule has 2 amide bonds. The molecular formula is C24H25F3N2O5. The molecule has 1 aliphatic rings. The van der Waals surface area contributed by atoms with Crippen molar-refractivity contribution < 1.29 is 37.4 Å². The third-order valence-electron chi connectivity index (χ3n) is 6.03. The van der Waals surface area contributed by atoms with E-state index in [2.05, 4.69) is 5.32 Å². The van der Waals surface area contributed by atoms with Crippen LogP contribution in [0.25, 0.3) is 11.1 Å². The molecule has 0 aliphatic heterocycles.